The van der Waals surface area contributed by atoms with Gasteiger partial charge in [-0.25, -0.2) is 0 Å². The van der Waals surface area contributed by atoms with Gasteiger partial charge in [-0.3, -0.25) is 4.98 Å². The number of nitrogens with one attached hydrogen (secondary N) is 1. The summed E-state index contributed by atoms with van der Waals surface area (Å²) in [5.41, 5.74) is 4.98. The smallest absolute Gasteiger partial charge is 0.0594 e. The second kappa shape index (κ2) is 8.46. The van der Waals surface area contributed by atoms with E-state index in [0.717, 1.165) is 50.3 Å². The molecule has 0 spiro atoms. The van der Waals surface area contributed by atoms with Crippen LogP contribution < -0.4 is 5.32 Å². The maximum Gasteiger partial charge on any atom is 0.0594 e. The van der Waals surface area contributed by atoms with Crippen molar-refractivity contribution in [1.29, 1.82) is 0 Å². The van der Waals surface area contributed by atoms with Crippen LogP contribution in [-0.2, 0) is 17.7 Å². The first kappa shape index (κ1) is 18.0. The van der Waals surface area contributed by atoms with Crippen LogP contribution in [-0.4, -0.2) is 29.8 Å². The van der Waals surface area contributed by atoms with Gasteiger partial charge in [-0.15, -0.1) is 0 Å². The topological polar surface area (TPSA) is 39.1 Å². The molecule has 128 valence electrons. The van der Waals surface area contributed by atoms with E-state index >= 15 is 0 Å². The van der Waals surface area contributed by atoms with Crippen molar-refractivity contribution in [1.82, 2.24) is 14.9 Å². The number of methoxy groups -OCH3 is 1. The molecule has 0 saturated heterocycles. The van der Waals surface area contributed by atoms with E-state index in [0.29, 0.717) is 0 Å². The van der Waals surface area contributed by atoms with Gasteiger partial charge in [0.05, 0.1) is 11.2 Å². The number of pyridine rings is 1. The molecule has 0 saturated carbocycles. The molecule has 2 aromatic rings. The Morgan fingerprint density at radius 2 is 2.13 bits per heavy atom. The van der Waals surface area contributed by atoms with Crippen molar-refractivity contribution in [2.75, 3.05) is 20.3 Å². The van der Waals surface area contributed by atoms with Crippen LogP contribution in [0.4, 0.5) is 0 Å². The molecule has 4 nitrogen and oxygen atoms in total. The standard InChI is InChI=1S/C19H31N3O/c1-6-9-20-14(3)17-12-18-19(15(4)21-17)16(7-2)13-22(18)10-8-11-23-5/h12-14,20H,6-11H2,1-5H3. The zero-order valence-corrected chi connectivity index (χ0v) is 15.3. The Labute approximate surface area is 140 Å². The Bertz CT molecular complexity index is 633. The fourth-order valence-corrected chi connectivity index (χ4v) is 3.14. The molecule has 0 fully saturated rings. The van der Waals surface area contributed by atoms with Crippen molar-refractivity contribution in [2.24, 2.45) is 0 Å². The molecule has 0 aliphatic carbocycles. The highest BCUT2D eigenvalue weighted by atomic mass is 16.5. The molecule has 0 amide bonds. The average molecular weight is 317 g/mol. The monoisotopic (exact) mass is 317 g/mol. The van der Waals surface area contributed by atoms with Crippen LogP contribution in [0.1, 0.15) is 56.6 Å². The molecule has 1 unspecified atom stereocenters. The third-order valence-electron chi connectivity index (χ3n) is 4.41. The van der Waals surface area contributed by atoms with Crippen LogP contribution in [0.2, 0.25) is 0 Å². The molecular formula is C19H31N3O. The second-order valence-electron chi connectivity index (χ2n) is 6.25. The van der Waals surface area contributed by atoms with Crippen molar-refractivity contribution < 1.29 is 4.74 Å². The average Bonchev–Trinajstić information content (AvgIpc) is 2.91. The van der Waals surface area contributed by atoms with E-state index in [1.54, 1.807) is 7.11 Å². The highest BCUT2D eigenvalue weighted by Gasteiger charge is 2.15. The molecule has 2 aromatic heterocycles. The summed E-state index contributed by atoms with van der Waals surface area (Å²) in [4.78, 5) is 4.87. The molecule has 0 aromatic carbocycles. The number of aryl methyl sites for hydroxylation is 3. The molecule has 4 heteroatoms. The Morgan fingerprint density at radius 1 is 1.35 bits per heavy atom. The minimum Gasteiger partial charge on any atom is -0.385 e. The number of ether oxygens (including phenoxy) is 1. The molecule has 2 rings (SSSR count). The van der Waals surface area contributed by atoms with Crippen molar-refractivity contribution in [3.8, 4) is 0 Å². The lowest BCUT2D eigenvalue weighted by atomic mass is 10.1. The lowest BCUT2D eigenvalue weighted by molar-refractivity contribution is 0.190. The Balaban J connectivity index is 2.40. The number of hydrogen-bond donors (Lipinski definition) is 1. The van der Waals surface area contributed by atoms with Gasteiger partial charge in [0.25, 0.3) is 0 Å². The SMILES string of the molecule is CCCNC(C)c1cc2c(c(CC)cn2CCCOC)c(C)n1. The van der Waals surface area contributed by atoms with Crippen molar-refractivity contribution >= 4 is 10.9 Å². The second-order valence-corrected chi connectivity index (χ2v) is 6.25. The number of aromatic nitrogens is 2. The number of fused-ring (bicyclic) bond motifs is 1. The first-order chi connectivity index (χ1) is 11.1. The summed E-state index contributed by atoms with van der Waals surface area (Å²) in [5, 5.41) is 4.87. The van der Waals surface area contributed by atoms with Gasteiger partial charge in [0.2, 0.25) is 0 Å². The normalized spacial score (nSPS) is 12.9. The van der Waals surface area contributed by atoms with Gasteiger partial charge in [-0.05, 0) is 51.3 Å². The largest absolute Gasteiger partial charge is 0.385 e. The predicted molar refractivity (Wildman–Crippen MR) is 97.0 cm³/mol. The van der Waals surface area contributed by atoms with E-state index in [9.17, 15) is 0 Å². The first-order valence-corrected chi connectivity index (χ1v) is 8.83. The molecular weight excluding hydrogens is 286 g/mol. The van der Waals surface area contributed by atoms with E-state index in [2.05, 4.69) is 49.8 Å². The van der Waals surface area contributed by atoms with Crippen LogP contribution in [0, 0.1) is 6.92 Å². The Kier molecular flexibility index (Phi) is 6.60. The summed E-state index contributed by atoms with van der Waals surface area (Å²) in [6.45, 7) is 11.5. The molecule has 1 N–H and O–H groups in total. The highest BCUT2D eigenvalue weighted by molar-refractivity contribution is 5.86. The fraction of sp³-hybridized carbons (Fsp3) is 0.632. The summed E-state index contributed by atoms with van der Waals surface area (Å²) in [7, 11) is 1.76. The molecule has 1 atom stereocenters. The summed E-state index contributed by atoms with van der Waals surface area (Å²) in [5.74, 6) is 0. The lowest BCUT2D eigenvalue weighted by Gasteiger charge is -2.15. The summed E-state index contributed by atoms with van der Waals surface area (Å²) in [6.07, 6.45) is 5.50. The molecule has 0 aliphatic heterocycles. The summed E-state index contributed by atoms with van der Waals surface area (Å²) in [6, 6.07) is 2.55. The quantitative estimate of drug-likeness (QED) is 0.710. The highest BCUT2D eigenvalue weighted by Crippen LogP contribution is 2.27. The van der Waals surface area contributed by atoms with E-state index < -0.39 is 0 Å². The van der Waals surface area contributed by atoms with Crippen LogP contribution in [0.15, 0.2) is 12.3 Å². The first-order valence-electron chi connectivity index (χ1n) is 8.83. The van der Waals surface area contributed by atoms with Crippen LogP contribution in [0.3, 0.4) is 0 Å². The third-order valence-corrected chi connectivity index (χ3v) is 4.41. The van der Waals surface area contributed by atoms with Crippen molar-refractivity contribution in [3.05, 3.63) is 29.2 Å². The molecule has 0 bridgehead atoms. The van der Waals surface area contributed by atoms with E-state index in [4.69, 9.17) is 9.72 Å². The number of rotatable bonds is 9. The maximum atomic E-state index is 5.20. The van der Waals surface area contributed by atoms with Gasteiger partial charge in [-0.2, -0.15) is 0 Å². The summed E-state index contributed by atoms with van der Waals surface area (Å²) >= 11 is 0. The van der Waals surface area contributed by atoms with Gasteiger partial charge < -0.3 is 14.6 Å². The van der Waals surface area contributed by atoms with E-state index in [1.807, 2.05) is 0 Å². The summed E-state index contributed by atoms with van der Waals surface area (Å²) < 4.78 is 7.58. The molecule has 0 aliphatic rings. The van der Waals surface area contributed by atoms with Gasteiger partial charge in [0, 0.05) is 43.6 Å². The van der Waals surface area contributed by atoms with E-state index in [-0.39, 0.29) is 6.04 Å². The van der Waals surface area contributed by atoms with Gasteiger partial charge in [-0.1, -0.05) is 13.8 Å². The molecule has 0 radical (unpaired) electrons. The minimum atomic E-state index is 0.283. The molecule has 23 heavy (non-hydrogen) atoms. The molecule has 2 heterocycles. The van der Waals surface area contributed by atoms with Gasteiger partial charge in [0.15, 0.2) is 0 Å². The van der Waals surface area contributed by atoms with Gasteiger partial charge in [0.1, 0.15) is 0 Å². The van der Waals surface area contributed by atoms with Gasteiger partial charge >= 0.3 is 0 Å². The number of hydrogen-bond acceptors (Lipinski definition) is 3. The van der Waals surface area contributed by atoms with E-state index in [1.165, 1.54) is 16.5 Å². The maximum absolute atomic E-state index is 5.20. The van der Waals surface area contributed by atoms with Crippen LogP contribution in [0.25, 0.3) is 10.9 Å². The fourth-order valence-electron chi connectivity index (χ4n) is 3.14. The predicted octanol–water partition coefficient (Wildman–Crippen LogP) is 4.00. The van der Waals surface area contributed by atoms with Crippen molar-refractivity contribution in [2.45, 2.75) is 59.5 Å². The lowest BCUT2D eigenvalue weighted by Crippen LogP contribution is -2.20. The van der Waals surface area contributed by atoms with Crippen molar-refractivity contribution in [3.63, 3.8) is 0 Å². The van der Waals surface area contributed by atoms with Crippen LogP contribution in [0.5, 0.6) is 0 Å². The Morgan fingerprint density at radius 3 is 2.78 bits per heavy atom. The zero-order chi connectivity index (χ0) is 16.8. The minimum absolute atomic E-state index is 0.283. The third kappa shape index (κ3) is 4.12. The zero-order valence-electron chi connectivity index (χ0n) is 15.3. The number of nitrogens with zero attached hydrogens (tertiary/aromatic N) is 2. The Hall–Kier alpha value is -1.39. The van der Waals surface area contributed by atoms with Crippen LogP contribution >= 0.6 is 0 Å².